The minimum absolute atomic E-state index is 0.174. The molecule has 0 aliphatic rings. The Hall–Kier alpha value is -2.72. The van der Waals surface area contributed by atoms with Crippen molar-refractivity contribution in [3.63, 3.8) is 0 Å². The van der Waals surface area contributed by atoms with Gasteiger partial charge in [-0.2, -0.15) is 18.3 Å². The molecule has 1 aromatic heterocycles. The van der Waals surface area contributed by atoms with Crippen molar-refractivity contribution in [3.8, 4) is 0 Å². The molecule has 0 saturated heterocycles. The Labute approximate surface area is 177 Å². The lowest BCUT2D eigenvalue weighted by Gasteiger charge is -2.09. The highest BCUT2D eigenvalue weighted by Crippen LogP contribution is 2.22. The van der Waals surface area contributed by atoms with Crippen LogP contribution in [0, 0.1) is 5.82 Å². The zero-order chi connectivity index (χ0) is 21.7. The Bertz CT molecular complexity index is 1040. The molecule has 0 atom stereocenters. The molecular formula is C20H16BrF4N3O2. The van der Waals surface area contributed by atoms with E-state index in [9.17, 15) is 22.4 Å². The molecule has 1 amide bonds. The van der Waals surface area contributed by atoms with Crippen LogP contribution in [0.1, 0.15) is 21.5 Å². The van der Waals surface area contributed by atoms with E-state index in [1.54, 1.807) is 36.5 Å². The van der Waals surface area contributed by atoms with E-state index in [2.05, 4.69) is 31.1 Å². The van der Waals surface area contributed by atoms with Gasteiger partial charge in [0.1, 0.15) is 12.4 Å². The maximum absolute atomic E-state index is 13.8. The summed E-state index contributed by atoms with van der Waals surface area (Å²) in [6.07, 6.45) is -2.81. The number of alkyl halides is 3. The maximum Gasteiger partial charge on any atom is 0.411 e. The summed E-state index contributed by atoms with van der Waals surface area (Å²) in [6, 6.07) is 12.4. The van der Waals surface area contributed by atoms with Gasteiger partial charge in [-0.15, -0.1) is 0 Å². The topological polar surface area (TPSA) is 56.2 Å². The molecule has 0 saturated carbocycles. The highest BCUT2D eigenvalue weighted by molar-refractivity contribution is 9.10. The van der Waals surface area contributed by atoms with Crippen molar-refractivity contribution in [2.45, 2.75) is 19.3 Å². The van der Waals surface area contributed by atoms with Gasteiger partial charge >= 0.3 is 6.18 Å². The van der Waals surface area contributed by atoms with Crippen molar-refractivity contribution >= 4 is 27.7 Å². The molecule has 5 nitrogen and oxygen atoms in total. The second-order valence-electron chi connectivity index (χ2n) is 6.38. The van der Waals surface area contributed by atoms with Crippen LogP contribution in [-0.4, -0.2) is 28.5 Å². The summed E-state index contributed by atoms with van der Waals surface area (Å²) in [5.41, 5.74) is 1.10. The van der Waals surface area contributed by atoms with Gasteiger partial charge < -0.3 is 10.1 Å². The summed E-state index contributed by atoms with van der Waals surface area (Å²) < 4.78 is 56.9. The number of anilines is 1. The Morgan fingerprint density at radius 2 is 1.93 bits per heavy atom. The van der Waals surface area contributed by atoms with Gasteiger partial charge in [0.15, 0.2) is 5.82 Å². The normalized spacial score (nSPS) is 11.5. The minimum Gasteiger partial charge on any atom is -0.367 e. The molecule has 0 radical (unpaired) electrons. The molecule has 10 heteroatoms. The highest BCUT2D eigenvalue weighted by Gasteiger charge is 2.27. The molecule has 0 spiro atoms. The number of nitrogens with zero attached hydrogens (tertiary/aromatic N) is 2. The number of rotatable bonds is 7. The summed E-state index contributed by atoms with van der Waals surface area (Å²) in [5.74, 6) is -0.626. The fourth-order valence-electron chi connectivity index (χ4n) is 2.63. The van der Waals surface area contributed by atoms with Crippen molar-refractivity contribution < 1.29 is 27.1 Å². The number of hydrogen-bond donors (Lipinski definition) is 1. The Morgan fingerprint density at radius 3 is 2.67 bits per heavy atom. The van der Waals surface area contributed by atoms with Gasteiger partial charge in [0.25, 0.3) is 5.91 Å². The van der Waals surface area contributed by atoms with E-state index in [0.717, 1.165) is 0 Å². The van der Waals surface area contributed by atoms with Crippen LogP contribution in [0.2, 0.25) is 0 Å². The molecular weight excluding hydrogens is 470 g/mol. The SMILES string of the molecule is O=C(Nc1nn(Cc2ccccc2F)cc1Br)c1cccc(COCC(F)(F)F)c1. The fourth-order valence-corrected chi connectivity index (χ4v) is 3.05. The van der Waals surface area contributed by atoms with E-state index in [1.807, 2.05) is 0 Å². The third-order valence-electron chi connectivity index (χ3n) is 3.96. The summed E-state index contributed by atoms with van der Waals surface area (Å²) in [5, 5.41) is 6.85. The van der Waals surface area contributed by atoms with Crippen LogP contribution < -0.4 is 5.32 Å². The second-order valence-corrected chi connectivity index (χ2v) is 7.23. The number of amides is 1. The number of carbonyl (C=O) groups excluding carboxylic acids is 1. The molecule has 0 unspecified atom stereocenters. The van der Waals surface area contributed by atoms with Gasteiger partial charge in [-0.3, -0.25) is 9.48 Å². The molecule has 3 aromatic rings. The molecule has 2 aromatic carbocycles. The quantitative estimate of drug-likeness (QED) is 0.470. The zero-order valence-corrected chi connectivity index (χ0v) is 17.0. The summed E-state index contributed by atoms with van der Waals surface area (Å²) in [6.45, 7) is -1.47. The number of nitrogens with one attached hydrogen (secondary N) is 1. The molecule has 1 heterocycles. The Balaban J connectivity index is 1.65. The smallest absolute Gasteiger partial charge is 0.367 e. The predicted molar refractivity (Wildman–Crippen MR) is 106 cm³/mol. The van der Waals surface area contributed by atoms with Crippen LogP contribution in [0.5, 0.6) is 0 Å². The standard InChI is InChI=1S/C20H16BrF4N3O2/c21-16-10-28(9-15-5-1-2-7-17(15)22)27-18(16)26-19(29)14-6-3-4-13(8-14)11-30-12-20(23,24)25/h1-8,10H,9,11-12H2,(H,26,27,29). The van der Waals surface area contributed by atoms with E-state index in [-0.39, 0.29) is 30.4 Å². The molecule has 0 aliphatic carbocycles. The first-order valence-electron chi connectivity index (χ1n) is 8.72. The molecule has 3 rings (SSSR count). The molecule has 0 aliphatic heterocycles. The van der Waals surface area contributed by atoms with Crippen LogP contribution in [0.15, 0.2) is 59.2 Å². The van der Waals surface area contributed by atoms with E-state index in [0.29, 0.717) is 15.6 Å². The van der Waals surface area contributed by atoms with E-state index in [4.69, 9.17) is 0 Å². The van der Waals surface area contributed by atoms with Gasteiger partial charge in [-0.25, -0.2) is 4.39 Å². The maximum atomic E-state index is 13.8. The zero-order valence-electron chi connectivity index (χ0n) is 15.4. The van der Waals surface area contributed by atoms with Crippen molar-refractivity contribution in [2.75, 3.05) is 11.9 Å². The van der Waals surface area contributed by atoms with Gasteiger partial charge in [0.2, 0.25) is 0 Å². The summed E-state index contributed by atoms with van der Waals surface area (Å²) in [4.78, 5) is 12.5. The third kappa shape index (κ3) is 6.14. The van der Waals surface area contributed by atoms with Crippen LogP contribution in [0.3, 0.4) is 0 Å². The lowest BCUT2D eigenvalue weighted by molar-refractivity contribution is -0.176. The first-order chi connectivity index (χ1) is 14.2. The molecule has 0 fully saturated rings. The largest absolute Gasteiger partial charge is 0.411 e. The number of aromatic nitrogens is 2. The summed E-state index contributed by atoms with van der Waals surface area (Å²) in [7, 11) is 0. The summed E-state index contributed by atoms with van der Waals surface area (Å²) >= 11 is 3.30. The van der Waals surface area contributed by atoms with Crippen LogP contribution >= 0.6 is 15.9 Å². The lowest BCUT2D eigenvalue weighted by atomic mass is 10.1. The molecule has 30 heavy (non-hydrogen) atoms. The first-order valence-corrected chi connectivity index (χ1v) is 9.52. The number of ether oxygens (including phenoxy) is 1. The Kier molecular flexibility index (Phi) is 6.88. The fraction of sp³-hybridized carbons (Fsp3) is 0.200. The van der Waals surface area contributed by atoms with Crippen molar-refractivity contribution in [1.29, 1.82) is 0 Å². The van der Waals surface area contributed by atoms with E-state index >= 15 is 0 Å². The van der Waals surface area contributed by atoms with Crippen LogP contribution in [0.4, 0.5) is 23.4 Å². The number of carbonyl (C=O) groups is 1. The number of hydrogen-bond acceptors (Lipinski definition) is 3. The molecule has 0 bridgehead atoms. The molecule has 158 valence electrons. The van der Waals surface area contributed by atoms with Gasteiger partial charge in [0, 0.05) is 17.3 Å². The highest BCUT2D eigenvalue weighted by atomic mass is 79.9. The minimum atomic E-state index is -4.41. The van der Waals surface area contributed by atoms with Gasteiger partial charge in [-0.1, -0.05) is 30.3 Å². The number of benzene rings is 2. The average molecular weight is 486 g/mol. The van der Waals surface area contributed by atoms with Crippen molar-refractivity contribution in [3.05, 3.63) is 81.7 Å². The monoisotopic (exact) mass is 485 g/mol. The first kappa shape index (κ1) is 22.0. The average Bonchev–Trinajstić information content (AvgIpc) is 3.02. The Morgan fingerprint density at radius 1 is 1.17 bits per heavy atom. The van der Waals surface area contributed by atoms with Crippen LogP contribution in [-0.2, 0) is 17.9 Å². The second kappa shape index (κ2) is 9.40. The lowest BCUT2D eigenvalue weighted by Crippen LogP contribution is -2.17. The van der Waals surface area contributed by atoms with Crippen molar-refractivity contribution in [2.24, 2.45) is 0 Å². The number of halogens is 5. The van der Waals surface area contributed by atoms with Gasteiger partial charge in [0.05, 0.1) is 17.6 Å². The van der Waals surface area contributed by atoms with Crippen LogP contribution in [0.25, 0.3) is 0 Å². The molecule has 1 N–H and O–H groups in total. The predicted octanol–water partition coefficient (Wildman–Crippen LogP) is 5.16. The van der Waals surface area contributed by atoms with Gasteiger partial charge in [-0.05, 0) is 39.7 Å². The van der Waals surface area contributed by atoms with E-state index in [1.165, 1.54) is 22.9 Å². The van der Waals surface area contributed by atoms with Crippen molar-refractivity contribution in [1.82, 2.24) is 9.78 Å². The third-order valence-corrected chi connectivity index (χ3v) is 4.54. The van der Waals surface area contributed by atoms with E-state index < -0.39 is 18.7 Å².